The van der Waals surface area contributed by atoms with Crippen molar-refractivity contribution in [1.82, 2.24) is 4.98 Å². The molecule has 0 fully saturated rings. The van der Waals surface area contributed by atoms with Crippen LogP contribution in [-0.4, -0.2) is 15.9 Å². The molecule has 0 aliphatic heterocycles. The van der Waals surface area contributed by atoms with E-state index in [0.717, 1.165) is 28.5 Å². The van der Waals surface area contributed by atoms with Crippen molar-refractivity contribution < 1.29 is 14.8 Å². The van der Waals surface area contributed by atoms with Crippen molar-refractivity contribution in [3.63, 3.8) is 0 Å². The molecule has 128 valence electrons. The van der Waals surface area contributed by atoms with Gasteiger partial charge in [0.15, 0.2) is 0 Å². The third-order valence-corrected chi connectivity index (χ3v) is 4.44. The number of carbonyl (C=O) groups is 1. The number of carboxylic acid groups (broad SMARTS) is 1. The van der Waals surface area contributed by atoms with E-state index >= 15 is 0 Å². The summed E-state index contributed by atoms with van der Waals surface area (Å²) in [6, 6.07) is 12.0. The molecule has 3 aromatic rings. The molecule has 25 heavy (non-hydrogen) atoms. The van der Waals surface area contributed by atoms with Crippen LogP contribution in [0, 0.1) is 10.1 Å². The Balaban J connectivity index is 2.16. The Morgan fingerprint density at radius 3 is 2.68 bits per heavy atom. The molecule has 0 saturated heterocycles. The summed E-state index contributed by atoms with van der Waals surface area (Å²) in [5.41, 5.74) is 3.43. The van der Waals surface area contributed by atoms with Gasteiger partial charge in [-0.15, -0.1) is 0 Å². The molecule has 0 bridgehead atoms. The molecule has 0 spiro atoms. The lowest BCUT2D eigenvalue weighted by Gasteiger charge is -2.18. The van der Waals surface area contributed by atoms with Crippen LogP contribution >= 0.6 is 0 Å². The van der Waals surface area contributed by atoms with E-state index < -0.39 is 16.8 Å². The lowest BCUT2D eigenvalue weighted by Crippen LogP contribution is -2.24. The lowest BCUT2D eigenvalue weighted by atomic mass is 9.87. The van der Waals surface area contributed by atoms with Crippen molar-refractivity contribution in [2.45, 2.75) is 25.7 Å². The molecule has 0 aliphatic carbocycles. The average Bonchev–Trinajstić information content (AvgIpc) is 3.03. The second kappa shape index (κ2) is 6.76. The maximum Gasteiger partial charge on any atom is 0.269 e. The molecule has 1 N–H and O–H groups in total. The summed E-state index contributed by atoms with van der Waals surface area (Å²) < 4.78 is 0. The number of para-hydroxylation sites is 1. The lowest BCUT2D eigenvalue weighted by molar-refractivity contribution is -0.384. The number of non-ortho nitro benzene ring substituents is 1. The zero-order valence-corrected chi connectivity index (χ0v) is 13.7. The number of hydrogen-bond donors (Lipinski definition) is 1. The molecule has 3 rings (SSSR count). The van der Waals surface area contributed by atoms with Crippen molar-refractivity contribution >= 4 is 22.6 Å². The van der Waals surface area contributed by atoms with E-state index in [4.69, 9.17) is 0 Å². The van der Waals surface area contributed by atoms with Crippen LogP contribution < -0.4 is 5.11 Å². The number of fused-ring (bicyclic) bond motifs is 1. The SMILES string of the molecule is CCc1cccc2c([C@@H](CC(=O)[O-])c3cccc([N+](=O)[O-])c3)c[nH]c12. The van der Waals surface area contributed by atoms with Gasteiger partial charge >= 0.3 is 0 Å². The summed E-state index contributed by atoms with van der Waals surface area (Å²) in [7, 11) is 0. The number of aromatic nitrogens is 1. The minimum Gasteiger partial charge on any atom is -0.550 e. The number of hydrogen-bond acceptors (Lipinski definition) is 4. The van der Waals surface area contributed by atoms with E-state index in [1.165, 1.54) is 12.1 Å². The monoisotopic (exact) mass is 337 g/mol. The Hall–Kier alpha value is -3.15. The zero-order valence-electron chi connectivity index (χ0n) is 13.7. The standard InChI is InChI=1S/C19H18N2O4/c1-2-12-5-4-8-15-17(11-20-19(12)15)16(10-18(22)23)13-6-3-7-14(9-13)21(24)25/h3-9,11,16,20H,2,10H2,1H3,(H,22,23)/p-1/t16-/m0/s1. The second-order valence-corrected chi connectivity index (χ2v) is 5.92. The number of nitrogens with one attached hydrogen (secondary N) is 1. The number of aryl methyl sites for hydroxylation is 1. The van der Waals surface area contributed by atoms with Crippen LogP contribution in [0.3, 0.4) is 0 Å². The summed E-state index contributed by atoms with van der Waals surface area (Å²) in [6.45, 7) is 2.05. The Labute approximate surface area is 144 Å². The maximum atomic E-state index is 11.3. The second-order valence-electron chi connectivity index (χ2n) is 5.92. The Morgan fingerprint density at radius 1 is 1.24 bits per heavy atom. The molecule has 2 aromatic carbocycles. The minimum atomic E-state index is -1.20. The highest BCUT2D eigenvalue weighted by atomic mass is 16.6. The fourth-order valence-electron chi connectivity index (χ4n) is 3.25. The fourth-order valence-corrected chi connectivity index (χ4v) is 3.25. The summed E-state index contributed by atoms with van der Waals surface area (Å²) in [6.07, 6.45) is 2.39. The number of carboxylic acids is 1. The third-order valence-electron chi connectivity index (χ3n) is 4.44. The molecule has 6 heteroatoms. The summed E-state index contributed by atoms with van der Waals surface area (Å²) >= 11 is 0. The molecule has 0 saturated carbocycles. The number of nitro benzene ring substituents is 1. The van der Waals surface area contributed by atoms with E-state index in [1.807, 2.05) is 18.2 Å². The number of rotatable bonds is 6. The van der Waals surface area contributed by atoms with Gasteiger partial charge < -0.3 is 14.9 Å². The van der Waals surface area contributed by atoms with Crippen LogP contribution in [0.15, 0.2) is 48.7 Å². The first-order valence-electron chi connectivity index (χ1n) is 8.04. The Morgan fingerprint density at radius 2 is 2.00 bits per heavy atom. The minimum absolute atomic E-state index is 0.0602. The first kappa shape index (κ1) is 16.7. The quantitative estimate of drug-likeness (QED) is 0.552. The van der Waals surface area contributed by atoms with Gasteiger partial charge in [0.25, 0.3) is 5.69 Å². The van der Waals surface area contributed by atoms with Crippen LogP contribution in [0.2, 0.25) is 0 Å². The van der Waals surface area contributed by atoms with Gasteiger partial charge in [-0.1, -0.05) is 37.3 Å². The highest BCUT2D eigenvalue weighted by Crippen LogP contribution is 2.35. The summed E-state index contributed by atoms with van der Waals surface area (Å²) in [5, 5.41) is 23.3. The number of H-pyrrole nitrogens is 1. The molecular formula is C19H17N2O4-. The average molecular weight is 337 g/mol. The van der Waals surface area contributed by atoms with Gasteiger partial charge in [-0.25, -0.2) is 0 Å². The van der Waals surface area contributed by atoms with Gasteiger partial charge in [-0.3, -0.25) is 10.1 Å². The van der Waals surface area contributed by atoms with Gasteiger partial charge in [0.05, 0.1) is 4.92 Å². The van der Waals surface area contributed by atoms with Gasteiger partial charge in [-0.2, -0.15) is 0 Å². The van der Waals surface area contributed by atoms with E-state index in [9.17, 15) is 20.0 Å². The number of carbonyl (C=O) groups excluding carboxylic acids is 1. The zero-order chi connectivity index (χ0) is 18.0. The molecule has 0 unspecified atom stereocenters. The fraction of sp³-hybridized carbons (Fsp3) is 0.211. The van der Waals surface area contributed by atoms with Crippen LogP contribution in [0.25, 0.3) is 10.9 Å². The highest BCUT2D eigenvalue weighted by Gasteiger charge is 2.21. The van der Waals surface area contributed by atoms with E-state index in [0.29, 0.717) is 5.56 Å². The normalized spacial score (nSPS) is 12.2. The molecule has 1 aromatic heterocycles. The number of benzene rings is 2. The highest BCUT2D eigenvalue weighted by molar-refractivity contribution is 5.87. The molecule has 6 nitrogen and oxygen atoms in total. The smallest absolute Gasteiger partial charge is 0.269 e. The van der Waals surface area contributed by atoms with Gasteiger partial charge in [-0.05, 0) is 29.5 Å². The van der Waals surface area contributed by atoms with E-state index in [2.05, 4.69) is 11.9 Å². The maximum absolute atomic E-state index is 11.3. The van der Waals surface area contributed by atoms with Gasteiger partial charge in [0.1, 0.15) is 0 Å². The van der Waals surface area contributed by atoms with Gasteiger partial charge in [0.2, 0.25) is 0 Å². The molecule has 1 heterocycles. The van der Waals surface area contributed by atoms with E-state index in [1.54, 1.807) is 18.3 Å². The van der Waals surface area contributed by atoms with Crippen molar-refractivity contribution in [2.24, 2.45) is 0 Å². The van der Waals surface area contributed by atoms with Crippen molar-refractivity contribution in [1.29, 1.82) is 0 Å². The third kappa shape index (κ3) is 3.24. The van der Waals surface area contributed by atoms with Crippen LogP contribution in [-0.2, 0) is 11.2 Å². The number of aromatic amines is 1. The summed E-state index contributed by atoms with van der Waals surface area (Å²) in [5.74, 6) is -1.72. The largest absolute Gasteiger partial charge is 0.550 e. The van der Waals surface area contributed by atoms with Crippen molar-refractivity contribution in [3.05, 3.63) is 75.5 Å². The summed E-state index contributed by atoms with van der Waals surface area (Å²) in [4.78, 5) is 25.1. The number of nitrogens with zero attached hydrogens (tertiary/aromatic N) is 1. The molecular weight excluding hydrogens is 320 g/mol. The Bertz CT molecular complexity index is 946. The van der Waals surface area contributed by atoms with Crippen molar-refractivity contribution in [2.75, 3.05) is 0 Å². The number of nitro groups is 1. The molecule has 1 atom stereocenters. The Kier molecular flexibility index (Phi) is 4.52. The molecule has 0 amide bonds. The van der Waals surface area contributed by atoms with Crippen LogP contribution in [0.4, 0.5) is 5.69 Å². The van der Waals surface area contributed by atoms with E-state index in [-0.39, 0.29) is 12.1 Å². The predicted octanol–water partition coefficient (Wildman–Crippen LogP) is 2.91. The number of aliphatic carboxylic acids is 1. The van der Waals surface area contributed by atoms with Crippen LogP contribution in [0.5, 0.6) is 0 Å². The molecule has 0 aliphatic rings. The van der Waals surface area contributed by atoms with Crippen LogP contribution in [0.1, 0.15) is 36.0 Å². The predicted molar refractivity (Wildman–Crippen MR) is 92.2 cm³/mol. The molecule has 0 radical (unpaired) electrons. The van der Waals surface area contributed by atoms with Gasteiger partial charge in [0, 0.05) is 41.1 Å². The first-order valence-corrected chi connectivity index (χ1v) is 8.04. The first-order chi connectivity index (χ1) is 12.0. The van der Waals surface area contributed by atoms with Crippen molar-refractivity contribution in [3.8, 4) is 0 Å². The topological polar surface area (TPSA) is 99.1 Å².